The van der Waals surface area contributed by atoms with Gasteiger partial charge in [-0.3, -0.25) is 13.9 Å². The molecule has 45 heavy (non-hydrogen) atoms. The number of carbonyl (C=O) groups is 2. The first kappa shape index (κ1) is 33.5. The third kappa shape index (κ3) is 8.60. The maximum atomic E-state index is 14.6. The van der Waals surface area contributed by atoms with Crippen LogP contribution in [0, 0.1) is 20.8 Å². The first-order valence-electron chi connectivity index (χ1n) is 15.1. The van der Waals surface area contributed by atoms with Crippen molar-refractivity contribution >= 4 is 27.5 Å². The van der Waals surface area contributed by atoms with E-state index in [1.807, 2.05) is 108 Å². The molecule has 0 radical (unpaired) electrons. The van der Waals surface area contributed by atoms with Gasteiger partial charge in [-0.15, -0.1) is 0 Å². The Balaban J connectivity index is 1.83. The second-order valence-electron chi connectivity index (χ2n) is 12.5. The Morgan fingerprint density at radius 3 is 1.91 bits per heavy atom. The highest BCUT2D eigenvalue weighted by Gasteiger charge is 2.36. The summed E-state index contributed by atoms with van der Waals surface area (Å²) in [6.07, 6.45) is 0.259. The quantitative estimate of drug-likeness (QED) is 0.210. The van der Waals surface area contributed by atoms with Crippen LogP contribution in [0.25, 0.3) is 0 Å². The average molecular weight is 626 g/mol. The monoisotopic (exact) mass is 625 g/mol. The normalized spacial score (nSPS) is 12.3. The van der Waals surface area contributed by atoms with E-state index in [0.29, 0.717) is 5.69 Å². The Kier molecular flexibility index (Phi) is 10.5. The van der Waals surface area contributed by atoms with Crippen molar-refractivity contribution in [2.24, 2.45) is 0 Å². The van der Waals surface area contributed by atoms with Gasteiger partial charge in [0.05, 0.1) is 10.6 Å². The predicted molar refractivity (Wildman–Crippen MR) is 180 cm³/mol. The first-order chi connectivity index (χ1) is 21.3. The molecule has 4 rings (SSSR count). The second kappa shape index (κ2) is 14.1. The number of aryl methyl sites for hydroxylation is 2. The van der Waals surface area contributed by atoms with Crippen molar-refractivity contribution in [3.8, 4) is 0 Å². The van der Waals surface area contributed by atoms with Crippen LogP contribution in [0.1, 0.15) is 48.6 Å². The summed E-state index contributed by atoms with van der Waals surface area (Å²) in [6.45, 7) is 11.0. The van der Waals surface area contributed by atoms with Gasteiger partial charge in [0.25, 0.3) is 10.0 Å². The molecule has 0 aromatic heterocycles. The van der Waals surface area contributed by atoms with E-state index in [0.717, 1.165) is 27.8 Å². The molecular weight excluding hydrogens is 582 g/mol. The van der Waals surface area contributed by atoms with Gasteiger partial charge < -0.3 is 10.2 Å². The number of anilines is 1. The van der Waals surface area contributed by atoms with Crippen molar-refractivity contribution in [1.29, 1.82) is 0 Å². The number of benzene rings is 4. The molecule has 8 heteroatoms. The molecule has 0 fully saturated rings. The standard InChI is InChI=1S/C37H43N3O4S/c1-27-20-22-32(23-21-27)45(43,44)40(33-19-13-14-28(2)29(33)3)26-35(41)39(25-31-17-11-8-12-18-31)34(36(42)38-37(4,5)6)24-30-15-9-7-10-16-30/h7-23,34H,24-26H2,1-6H3,(H,38,42). The van der Waals surface area contributed by atoms with Crippen LogP contribution in [-0.2, 0) is 32.6 Å². The highest BCUT2D eigenvalue weighted by atomic mass is 32.2. The summed E-state index contributed by atoms with van der Waals surface area (Å²) < 4.78 is 29.7. The molecule has 0 spiro atoms. The van der Waals surface area contributed by atoms with Crippen molar-refractivity contribution in [1.82, 2.24) is 10.2 Å². The molecule has 4 aromatic carbocycles. The molecule has 4 aromatic rings. The van der Waals surface area contributed by atoms with Crippen molar-refractivity contribution in [2.45, 2.75) is 71.0 Å². The number of nitrogens with zero attached hydrogens (tertiary/aromatic N) is 2. The maximum absolute atomic E-state index is 14.6. The first-order valence-corrected chi connectivity index (χ1v) is 16.6. The molecule has 0 aliphatic heterocycles. The molecule has 0 aliphatic carbocycles. The number of nitrogens with one attached hydrogen (secondary N) is 1. The lowest BCUT2D eigenvalue weighted by atomic mass is 10.0. The Morgan fingerprint density at radius 1 is 0.756 bits per heavy atom. The van der Waals surface area contributed by atoms with E-state index in [4.69, 9.17) is 0 Å². The minimum absolute atomic E-state index is 0.0859. The van der Waals surface area contributed by atoms with Gasteiger partial charge >= 0.3 is 0 Å². The van der Waals surface area contributed by atoms with E-state index in [1.165, 1.54) is 9.21 Å². The lowest BCUT2D eigenvalue weighted by molar-refractivity contribution is -0.140. The van der Waals surface area contributed by atoms with E-state index in [2.05, 4.69) is 5.32 Å². The van der Waals surface area contributed by atoms with E-state index in [-0.39, 0.29) is 23.8 Å². The zero-order chi connectivity index (χ0) is 32.8. The van der Waals surface area contributed by atoms with E-state index in [1.54, 1.807) is 36.4 Å². The van der Waals surface area contributed by atoms with Crippen LogP contribution in [0.2, 0.25) is 0 Å². The molecular formula is C37H43N3O4S. The highest BCUT2D eigenvalue weighted by Crippen LogP contribution is 2.29. The summed E-state index contributed by atoms with van der Waals surface area (Å²) >= 11 is 0. The summed E-state index contributed by atoms with van der Waals surface area (Å²) in [5.74, 6) is -0.796. The molecule has 0 heterocycles. The Hall–Kier alpha value is -4.43. The molecule has 1 unspecified atom stereocenters. The van der Waals surface area contributed by atoms with Crippen LogP contribution in [0.3, 0.4) is 0 Å². The zero-order valence-electron chi connectivity index (χ0n) is 26.9. The molecule has 0 aliphatic rings. The fraction of sp³-hybridized carbons (Fsp3) is 0.297. The van der Waals surface area contributed by atoms with Gasteiger partial charge in [0.15, 0.2) is 0 Å². The third-order valence-electron chi connectivity index (χ3n) is 7.70. The smallest absolute Gasteiger partial charge is 0.264 e. The van der Waals surface area contributed by atoms with E-state index in [9.17, 15) is 18.0 Å². The largest absolute Gasteiger partial charge is 0.350 e. The molecule has 2 amide bonds. The zero-order valence-corrected chi connectivity index (χ0v) is 27.8. The minimum Gasteiger partial charge on any atom is -0.350 e. The van der Waals surface area contributed by atoms with Crippen LogP contribution < -0.4 is 9.62 Å². The maximum Gasteiger partial charge on any atom is 0.264 e. The number of hydrogen-bond acceptors (Lipinski definition) is 4. The SMILES string of the molecule is Cc1ccc(S(=O)(=O)N(CC(=O)N(Cc2ccccc2)C(Cc2ccccc2)C(=O)NC(C)(C)C)c2cccc(C)c2C)cc1. The van der Waals surface area contributed by atoms with E-state index >= 15 is 0 Å². The van der Waals surface area contributed by atoms with Crippen LogP contribution >= 0.6 is 0 Å². The fourth-order valence-electron chi connectivity index (χ4n) is 5.14. The Bertz CT molecular complexity index is 1720. The summed E-state index contributed by atoms with van der Waals surface area (Å²) in [7, 11) is -4.16. The van der Waals surface area contributed by atoms with Gasteiger partial charge in [0.1, 0.15) is 12.6 Å². The number of amides is 2. The molecule has 0 saturated carbocycles. The average Bonchev–Trinajstić information content (AvgIpc) is 2.99. The number of rotatable bonds is 11. The minimum atomic E-state index is -4.16. The fourth-order valence-corrected chi connectivity index (χ4v) is 6.62. The second-order valence-corrected chi connectivity index (χ2v) is 14.4. The summed E-state index contributed by atoms with van der Waals surface area (Å²) in [6, 6.07) is 30.1. The van der Waals surface area contributed by atoms with Gasteiger partial charge in [-0.1, -0.05) is 90.5 Å². The van der Waals surface area contributed by atoms with Crippen LogP contribution in [0.5, 0.6) is 0 Å². The summed E-state index contributed by atoms with van der Waals surface area (Å²) in [5, 5.41) is 3.06. The van der Waals surface area contributed by atoms with Crippen molar-refractivity contribution in [2.75, 3.05) is 10.8 Å². The highest BCUT2D eigenvalue weighted by molar-refractivity contribution is 7.92. The lowest BCUT2D eigenvalue weighted by Gasteiger charge is -2.35. The van der Waals surface area contributed by atoms with Gasteiger partial charge in [-0.2, -0.15) is 0 Å². The predicted octanol–water partition coefficient (Wildman–Crippen LogP) is 6.36. The lowest BCUT2D eigenvalue weighted by Crippen LogP contribution is -2.56. The summed E-state index contributed by atoms with van der Waals surface area (Å²) in [4.78, 5) is 30.2. The van der Waals surface area contributed by atoms with Crippen LogP contribution in [0.15, 0.2) is 108 Å². The van der Waals surface area contributed by atoms with E-state index < -0.39 is 34.1 Å². The van der Waals surface area contributed by atoms with Crippen molar-refractivity contribution in [3.05, 3.63) is 131 Å². The van der Waals surface area contributed by atoms with Gasteiger partial charge in [0, 0.05) is 18.5 Å². The molecule has 1 N–H and O–H groups in total. The summed E-state index contributed by atoms with van der Waals surface area (Å²) in [5.41, 5.74) is 4.16. The number of sulfonamides is 1. The molecule has 0 saturated heterocycles. The Labute approximate surface area is 268 Å². The number of carbonyl (C=O) groups excluding carboxylic acids is 2. The molecule has 1 atom stereocenters. The van der Waals surface area contributed by atoms with Gasteiger partial charge in [0.2, 0.25) is 11.8 Å². The topological polar surface area (TPSA) is 86.8 Å². The molecule has 7 nitrogen and oxygen atoms in total. The number of hydrogen-bond donors (Lipinski definition) is 1. The Morgan fingerprint density at radius 2 is 1.33 bits per heavy atom. The van der Waals surface area contributed by atoms with Gasteiger partial charge in [-0.05, 0) is 82.0 Å². The van der Waals surface area contributed by atoms with Crippen molar-refractivity contribution in [3.63, 3.8) is 0 Å². The third-order valence-corrected chi connectivity index (χ3v) is 9.47. The molecule has 236 valence electrons. The van der Waals surface area contributed by atoms with Crippen LogP contribution in [-0.4, -0.2) is 43.3 Å². The molecule has 0 bridgehead atoms. The van der Waals surface area contributed by atoms with Crippen LogP contribution in [0.4, 0.5) is 5.69 Å². The van der Waals surface area contributed by atoms with Crippen molar-refractivity contribution < 1.29 is 18.0 Å². The van der Waals surface area contributed by atoms with Gasteiger partial charge in [-0.25, -0.2) is 8.42 Å².